The Morgan fingerprint density at radius 3 is 2.36 bits per heavy atom. The summed E-state index contributed by atoms with van der Waals surface area (Å²) >= 11 is 7.84. The number of aliphatic hydroxyl groups is 1. The van der Waals surface area contributed by atoms with Gasteiger partial charge in [0.15, 0.2) is 0 Å². The van der Waals surface area contributed by atoms with Crippen LogP contribution >= 0.6 is 28.6 Å². The highest BCUT2D eigenvalue weighted by Crippen LogP contribution is 2.39. The third kappa shape index (κ3) is 3.62. The van der Waals surface area contributed by atoms with E-state index in [1.54, 1.807) is 0 Å². The summed E-state index contributed by atoms with van der Waals surface area (Å²) in [6.07, 6.45) is 2.01. The van der Waals surface area contributed by atoms with Crippen LogP contribution in [-0.4, -0.2) is 29.2 Å². The third-order valence-electron chi connectivity index (χ3n) is 4.33. The van der Waals surface area contributed by atoms with Gasteiger partial charge in [-0.25, -0.2) is 0 Å². The zero-order valence-corrected chi connectivity index (χ0v) is 15.9. The van der Waals surface area contributed by atoms with Gasteiger partial charge in [-0.2, -0.15) is 12.6 Å². The van der Waals surface area contributed by atoms with Crippen LogP contribution in [-0.2, 0) is 15.9 Å². The van der Waals surface area contributed by atoms with Gasteiger partial charge in [-0.1, -0.05) is 28.1 Å². The lowest BCUT2D eigenvalue weighted by Gasteiger charge is -2.32. The van der Waals surface area contributed by atoms with Crippen molar-refractivity contribution in [2.75, 3.05) is 5.75 Å². The first-order valence-corrected chi connectivity index (χ1v) is 8.69. The van der Waals surface area contributed by atoms with E-state index in [9.17, 15) is 5.11 Å². The normalized spacial score (nSPS) is 20.5. The Bertz CT molecular complexity index is 571. The molecule has 0 aromatic heterocycles. The second kappa shape index (κ2) is 6.69. The predicted octanol–water partition coefficient (Wildman–Crippen LogP) is 3.89. The maximum atomic E-state index is 9.37. The van der Waals surface area contributed by atoms with Crippen molar-refractivity contribution in [2.45, 2.75) is 45.5 Å². The molecule has 0 atom stereocenters. The van der Waals surface area contributed by atoms with Gasteiger partial charge >= 0.3 is 7.12 Å². The average molecular weight is 385 g/mol. The molecule has 0 aliphatic carbocycles. The highest BCUT2D eigenvalue weighted by atomic mass is 79.9. The molecule has 0 amide bonds. The Morgan fingerprint density at radius 2 is 1.86 bits per heavy atom. The van der Waals surface area contributed by atoms with Gasteiger partial charge in [0.1, 0.15) is 0 Å². The molecule has 0 unspecified atom stereocenters. The van der Waals surface area contributed by atoms with Gasteiger partial charge in [-0.15, -0.1) is 0 Å². The van der Waals surface area contributed by atoms with E-state index in [-0.39, 0.29) is 17.8 Å². The zero-order valence-electron chi connectivity index (χ0n) is 13.4. The number of benzene rings is 1. The lowest BCUT2D eigenvalue weighted by molar-refractivity contribution is 0.00578. The van der Waals surface area contributed by atoms with Crippen LogP contribution in [0.4, 0.5) is 0 Å². The number of halogens is 1. The molecular formula is C16H22BBrO3S. The van der Waals surface area contributed by atoms with Crippen LogP contribution in [0.3, 0.4) is 0 Å². The standard InChI is InChI=1S/C16H22BBrO3S/c1-15(2)16(3,4)21-17(20-15)13(10-22)8-11-5-6-14(18)12(7-11)9-19/h5-8,19,22H,9-10H2,1-4H3. The summed E-state index contributed by atoms with van der Waals surface area (Å²) in [5.74, 6) is 0.543. The van der Waals surface area contributed by atoms with E-state index < -0.39 is 7.12 Å². The molecule has 1 heterocycles. The number of rotatable bonds is 4. The number of aliphatic hydroxyl groups excluding tert-OH is 1. The van der Waals surface area contributed by atoms with E-state index >= 15 is 0 Å². The molecule has 120 valence electrons. The van der Waals surface area contributed by atoms with Crippen LogP contribution in [0.5, 0.6) is 0 Å². The second-order valence-electron chi connectivity index (χ2n) is 6.47. The molecule has 1 saturated heterocycles. The second-order valence-corrected chi connectivity index (χ2v) is 7.65. The maximum absolute atomic E-state index is 9.37. The Balaban J connectivity index is 2.29. The van der Waals surface area contributed by atoms with Crippen LogP contribution in [0.2, 0.25) is 0 Å². The predicted molar refractivity (Wildman–Crippen MR) is 98.0 cm³/mol. The summed E-state index contributed by atoms with van der Waals surface area (Å²) < 4.78 is 13.0. The molecule has 0 radical (unpaired) electrons. The van der Waals surface area contributed by atoms with Crippen molar-refractivity contribution < 1.29 is 14.4 Å². The monoisotopic (exact) mass is 384 g/mol. The minimum Gasteiger partial charge on any atom is -0.400 e. The van der Waals surface area contributed by atoms with E-state index in [2.05, 4.69) is 28.6 Å². The van der Waals surface area contributed by atoms with E-state index in [4.69, 9.17) is 9.31 Å². The maximum Gasteiger partial charge on any atom is 0.491 e. The summed E-state index contributed by atoms with van der Waals surface area (Å²) in [4.78, 5) is 0. The van der Waals surface area contributed by atoms with Gasteiger partial charge in [0.2, 0.25) is 0 Å². The number of thiol groups is 1. The number of hydrogen-bond acceptors (Lipinski definition) is 4. The molecule has 1 aromatic carbocycles. The SMILES string of the molecule is CC1(C)OB(C(=Cc2ccc(Br)c(CO)c2)CS)OC1(C)C. The quantitative estimate of drug-likeness (QED) is 0.611. The Kier molecular flexibility index (Phi) is 5.50. The molecule has 1 aromatic rings. The van der Waals surface area contributed by atoms with E-state index in [0.29, 0.717) is 5.75 Å². The van der Waals surface area contributed by atoms with Crippen molar-refractivity contribution in [2.24, 2.45) is 0 Å². The van der Waals surface area contributed by atoms with Crippen LogP contribution in [0.25, 0.3) is 6.08 Å². The summed E-state index contributed by atoms with van der Waals surface area (Å²) in [7, 11) is -0.399. The Labute approximate surface area is 146 Å². The largest absolute Gasteiger partial charge is 0.491 e. The molecule has 0 saturated carbocycles. The van der Waals surface area contributed by atoms with Gasteiger partial charge in [-0.3, -0.25) is 0 Å². The lowest BCUT2D eigenvalue weighted by Crippen LogP contribution is -2.41. The van der Waals surface area contributed by atoms with Crippen molar-refractivity contribution in [3.8, 4) is 0 Å². The summed E-state index contributed by atoms with van der Waals surface area (Å²) in [6, 6.07) is 5.86. The molecule has 2 rings (SSSR count). The van der Waals surface area contributed by atoms with Gasteiger partial charge in [0.25, 0.3) is 0 Å². The minimum atomic E-state index is -0.399. The molecular weight excluding hydrogens is 363 g/mol. The average Bonchev–Trinajstić information content (AvgIpc) is 2.66. The van der Waals surface area contributed by atoms with Crippen LogP contribution in [0.1, 0.15) is 38.8 Å². The fourth-order valence-corrected chi connectivity index (χ4v) is 2.81. The number of hydrogen-bond donors (Lipinski definition) is 2. The van der Waals surface area contributed by atoms with Crippen LogP contribution < -0.4 is 0 Å². The zero-order chi connectivity index (χ0) is 16.5. The summed E-state index contributed by atoms with van der Waals surface area (Å²) in [6.45, 7) is 8.13. The van der Waals surface area contributed by atoms with Gasteiger partial charge in [0.05, 0.1) is 17.8 Å². The Hall–Kier alpha value is -0.265. The molecule has 22 heavy (non-hydrogen) atoms. The van der Waals surface area contributed by atoms with Gasteiger partial charge in [0, 0.05) is 10.2 Å². The van der Waals surface area contributed by atoms with Crippen molar-refractivity contribution in [1.29, 1.82) is 0 Å². The third-order valence-corrected chi connectivity index (χ3v) is 5.47. The van der Waals surface area contributed by atoms with E-state index in [1.807, 2.05) is 52.0 Å². The first kappa shape index (κ1) is 18.1. The van der Waals surface area contributed by atoms with E-state index in [0.717, 1.165) is 21.1 Å². The van der Waals surface area contributed by atoms with Crippen molar-refractivity contribution >= 4 is 41.8 Å². The molecule has 6 heteroatoms. The Morgan fingerprint density at radius 1 is 1.27 bits per heavy atom. The van der Waals surface area contributed by atoms with Gasteiger partial charge in [-0.05, 0) is 56.4 Å². The summed E-state index contributed by atoms with van der Waals surface area (Å²) in [5, 5.41) is 9.37. The fourth-order valence-electron chi connectivity index (χ4n) is 2.20. The molecule has 0 bridgehead atoms. The first-order valence-electron chi connectivity index (χ1n) is 7.26. The molecule has 1 N–H and O–H groups in total. The highest BCUT2D eigenvalue weighted by molar-refractivity contribution is 9.10. The van der Waals surface area contributed by atoms with E-state index in [1.165, 1.54) is 0 Å². The minimum absolute atomic E-state index is 0.00500. The first-order chi connectivity index (χ1) is 10.2. The van der Waals surface area contributed by atoms with Crippen molar-refractivity contribution in [1.82, 2.24) is 0 Å². The van der Waals surface area contributed by atoms with Crippen molar-refractivity contribution in [3.05, 3.63) is 39.3 Å². The van der Waals surface area contributed by atoms with Crippen molar-refractivity contribution in [3.63, 3.8) is 0 Å². The highest BCUT2D eigenvalue weighted by Gasteiger charge is 2.52. The lowest BCUT2D eigenvalue weighted by atomic mass is 9.78. The summed E-state index contributed by atoms with van der Waals surface area (Å²) in [5.41, 5.74) is 2.08. The van der Waals surface area contributed by atoms with Gasteiger partial charge < -0.3 is 14.4 Å². The molecule has 1 fully saturated rings. The molecule has 1 aliphatic rings. The molecule has 0 spiro atoms. The smallest absolute Gasteiger partial charge is 0.400 e. The molecule has 1 aliphatic heterocycles. The van der Waals surface area contributed by atoms with Crippen LogP contribution in [0, 0.1) is 0 Å². The fraction of sp³-hybridized carbons (Fsp3) is 0.500. The van der Waals surface area contributed by atoms with Crippen LogP contribution in [0.15, 0.2) is 28.1 Å². The topological polar surface area (TPSA) is 38.7 Å². The molecule has 3 nitrogen and oxygen atoms in total.